The lowest BCUT2D eigenvalue weighted by atomic mass is 9.79. The van der Waals surface area contributed by atoms with Gasteiger partial charge in [0.05, 0.1) is 33.8 Å². The molecule has 2 aromatic heterocycles. The number of hydrogen-bond donors (Lipinski definition) is 0. The summed E-state index contributed by atoms with van der Waals surface area (Å²) in [5, 5.41) is 4.33. The summed E-state index contributed by atoms with van der Waals surface area (Å²) < 4.78 is 121. The monoisotopic (exact) mass is 891 g/mol. The van der Waals surface area contributed by atoms with Crippen molar-refractivity contribution < 1.29 is 35.1 Å². The summed E-state index contributed by atoms with van der Waals surface area (Å²) in [5.74, 6) is -7.87. The Morgan fingerprint density at radius 2 is 0.985 bits per heavy atom. The van der Waals surface area contributed by atoms with E-state index in [1.807, 2.05) is 42.5 Å². The summed E-state index contributed by atoms with van der Waals surface area (Å²) in [7, 11) is 0. The van der Waals surface area contributed by atoms with Gasteiger partial charge in [-0.15, -0.1) is 0 Å². The minimum absolute atomic E-state index is 0.0415. The van der Waals surface area contributed by atoms with Gasteiger partial charge >= 0.3 is 0 Å². The van der Waals surface area contributed by atoms with Crippen molar-refractivity contribution in [1.29, 1.82) is 0 Å². The first-order valence-corrected chi connectivity index (χ1v) is 21.3. The lowest BCUT2D eigenvalue weighted by molar-refractivity contribution is 0.509. The molecule has 0 fully saturated rings. The molecule has 0 amide bonds. The molecule has 3 nitrogen and oxygen atoms in total. The van der Waals surface area contributed by atoms with E-state index < -0.39 is 52.0 Å². The molecule has 0 atom stereocenters. The van der Waals surface area contributed by atoms with E-state index in [1.165, 1.54) is 21.9 Å². The van der Waals surface area contributed by atoms with Gasteiger partial charge in [-0.3, -0.25) is 0 Å². The molecule has 0 saturated heterocycles. The van der Waals surface area contributed by atoms with Gasteiger partial charge < -0.3 is 14.2 Å². The Kier molecular flexibility index (Phi) is 8.95. The van der Waals surface area contributed by atoms with Crippen LogP contribution in [0.2, 0.25) is 0 Å². The van der Waals surface area contributed by atoms with E-state index in [-0.39, 0.29) is 28.2 Å². The summed E-state index contributed by atoms with van der Waals surface area (Å²) in [6.45, 7) is 10.6. The van der Waals surface area contributed by atoms with E-state index in [0.29, 0.717) is 16.8 Å². The second-order valence-electron chi connectivity index (χ2n) is 18.5. The number of aromatic nitrogens is 1. The lowest BCUT2D eigenvalue weighted by Crippen LogP contribution is -2.17. The van der Waals surface area contributed by atoms with Crippen LogP contribution < -0.4 is 9.80 Å². The third kappa shape index (κ3) is 6.16. The SMILES string of the molecule is CC(C)(C)c1cc2c3c(n4c5cc(N(c6cc(F)cc(F)c6)c6ccc(F)c(F)c6)c6ccccc6c5c(c1)c24)-c1ccc(N(c2cc(F)cc(F)c2)c2ccc(F)c(F)c2)cc1C3(C)C. The molecule has 0 aliphatic heterocycles. The highest BCUT2D eigenvalue weighted by Crippen LogP contribution is 2.58. The Bertz CT molecular complexity index is 3640. The van der Waals surface area contributed by atoms with Crippen LogP contribution in [0.3, 0.4) is 0 Å². The van der Waals surface area contributed by atoms with E-state index in [1.54, 1.807) is 6.07 Å². The molecule has 10 aromatic rings. The Morgan fingerprint density at radius 3 is 1.56 bits per heavy atom. The van der Waals surface area contributed by atoms with Gasteiger partial charge in [0.25, 0.3) is 0 Å². The maximum Gasteiger partial charge on any atom is 0.160 e. The van der Waals surface area contributed by atoms with E-state index in [2.05, 4.69) is 51.2 Å². The quantitative estimate of drug-likeness (QED) is 0.154. The average molecular weight is 892 g/mol. The average Bonchev–Trinajstić information content (AvgIpc) is 3.85. The highest BCUT2D eigenvalue weighted by atomic mass is 19.2. The number of benzene rings is 8. The van der Waals surface area contributed by atoms with E-state index in [9.17, 15) is 22.0 Å². The van der Waals surface area contributed by atoms with E-state index >= 15 is 13.2 Å². The molecular formula is C55H37F8N3. The van der Waals surface area contributed by atoms with Gasteiger partial charge in [-0.05, 0) is 106 Å². The van der Waals surface area contributed by atoms with Crippen LogP contribution in [0.5, 0.6) is 0 Å². The van der Waals surface area contributed by atoms with E-state index in [0.717, 1.165) is 121 Å². The number of nitrogens with zero attached hydrogens (tertiary/aromatic N) is 3. The standard InChI is InChI=1S/C55H37F8N3/c1-54(2,3)28-16-41-50-39-9-7-6-8-38(39)48(65(35-12-15-45(61)47(63)26-35)37-22-31(58)19-32(59)23-37)27-49(50)66-52(41)42(17-28)51-53(66)40-13-10-33(24-43(40)55(51,4)5)64(34-11-14-44(60)46(62)25-34)36-20-29(56)18-30(57)21-36/h6-27H,1-5H3. The van der Waals surface area contributed by atoms with Crippen molar-refractivity contribution in [1.82, 2.24) is 4.40 Å². The topological polar surface area (TPSA) is 10.9 Å². The van der Waals surface area contributed by atoms with Crippen LogP contribution in [0.1, 0.15) is 51.3 Å². The third-order valence-corrected chi connectivity index (χ3v) is 13.0. The Labute approximate surface area is 373 Å². The number of fused-ring (bicyclic) bond motifs is 10. The summed E-state index contributed by atoms with van der Waals surface area (Å²) in [6.07, 6.45) is 0. The molecule has 66 heavy (non-hydrogen) atoms. The van der Waals surface area contributed by atoms with Crippen LogP contribution >= 0.6 is 0 Å². The number of rotatable bonds is 6. The molecule has 0 bridgehead atoms. The highest BCUT2D eigenvalue weighted by molar-refractivity contribution is 6.28. The van der Waals surface area contributed by atoms with Crippen LogP contribution in [-0.4, -0.2) is 4.40 Å². The second kappa shape index (κ2) is 14.3. The van der Waals surface area contributed by atoms with Crippen molar-refractivity contribution in [2.45, 2.75) is 45.4 Å². The first kappa shape index (κ1) is 41.3. The summed E-state index contributed by atoms with van der Waals surface area (Å²) in [4.78, 5) is 3.00. The number of anilines is 6. The van der Waals surface area contributed by atoms with Crippen molar-refractivity contribution >= 4 is 72.1 Å². The fraction of sp³-hybridized carbons (Fsp3) is 0.127. The summed E-state index contributed by atoms with van der Waals surface area (Å²) >= 11 is 0. The first-order chi connectivity index (χ1) is 31.4. The normalized spacial score (nSPS) is 13.3. The molecule has 8 aromatic carbocycles. The molecule has 2 heterocycles. The van der Waals surface area contributed by atoms with Crippen molar-refractivity contribution in [3.63, 3.8) is 0 Å². The molecule has 1 aliphatic rings. The minimum Gasteiger partial charge on any atom is -0.310 e. The first-order valence-electron chi connectivity index (χ1n) is 21.3. The van der Waals surface area contributed by atoms with Crippen molar-refractivity contribution in [3.05, 3.63) is 197 Å². The second-order valence-corrected chi connectivity index (χ2v) is 18.5. The number of halogens is 8. The van der Waals surface area contributed by atoms with Gasteiger partial charge in [0.2, 0.25) is 0 Å². The Balaban J connectivity index is 1.24. The van der Waals surface area contributed by atoms with Crippen molar-refractivity contribution in [2.75, 3.05) is 9.80 Å². The molecule has 0 unspecified atom stereocenters. The molecular weight excluding hydrogens is 855 g/mol. The molecule has 0 radical (unpaired) electrons. The molecule has 0 N–H and O–H groups in total. The molecule has 11 rings (SSSR count). The van der Waals surface area contributed by atoms with Gasteiger partial charge in [0.1, 0.15) is 23.3 Å². The van der Waals surface area contributed by atoms with Gasteiger partial charge in [0.15, 0.2) is 23.3 Å². The number of hydrogen-bond acceptors (Lipinski definition) is 2. The summed E-state index contributed by atoms with van der Waals surface area (Å²) in [5.41, 5.74) is 6.46. The fourth-order valence-corrected chi connectivity index (χ4v) is 10.1. The fourth-order valence-electron chi connectivity index (χ4n) is 10.1. The van der Waals surface area contributed by atoms with Gasteiger partial charge in [-0.2, -0.15) is 0 Å². The van der Waals surface area contributed by atoms with Crippen LogP contribution in [0.15, 0.2) is 133 Å². The summed E-state index contributed by atoms with van der Waals surface area (Å²) in [6, 6.07) is 32.1. The smallest absolute Gasteiger partial charge is 0.160 e. The van der Waals surface area contributed by atoms with Crippen LogP contribution in [0.25, 0.3) is 49.2 Å². The highest BCUT2D eigenvalue weighted by Gasteiger charge is 2.42. The van der Waals surface area contributed by atoms with Crippen molar-refractivity contribution in [3.8, 4) is 11.3 Å². The Hall–Kier alpha value is -7.40. The van der Waals surface area contributed by atoms with Gasteiger partial charge in [-0.1, -0.05) is 65.0 Å². The molecule has 328 valence electrons. The van der Waals surface area contributed by atoms with Crippen LogP contribution in [0, 0.1) is 46.5 Å². The van der Waals surface area contributed by atoms with Crippen LogP contribution in [0.4, 0.5) is 69.2 Å². The third-order valence-electron chi connectivity index (χ3n) is 13.0. The molecule has 0 saturated carbocycles. The molecule has 0 spiro atoms. The molecule has 1 aliphatic carbocycles. The zero-order valence-electron chi connectivity index (χ0n) is 36.1. The zero-order valence-corrected chi connectivity index (χ0v) is 36.1. The predicted molar refractivity (Wildman–Crippen MR) is 246 cm³/mol. The zero-order chi connectivity index (χ0) is 46.3. The lowest BCUT2D eigenvalue weighted by Gasteiger charge is -2.28. The van der Waals surface area contributed by atoms with E-state index in [4.69, 9.17) is 0 Å². The minimum atomic E-state index is -1.14. The van der Waals surface area contributed by atoms with Crippen molar-refractivity contribution in [2.24, 2.45) is 0 Å². The Morgan fingerprint density at radius 1 is 0.470 bits per heavy atom. The molecule has 11 heteroatoms. The van der Waals surface area contributed by atoms with Gasteiger partial charge in [0, 0.05) is 73.9 Å². The largest absolute Gasteiger partial charge is 0.310 e. The van der Waals surface area contributed by atoms with Crippen LogP contribution in [-0.2, 0) is 10.8 Å². The maximum absolute atomic E-state index is 15.2. The predicted octanol–water partition coefficient (Wildman–Crippen LogP) is 16.5. The maximum atomic E-state index is 15.2. The van der Waals surface area contributed by atoms with Gasteiger partial charge in [-0.25, -0.2) is 35.1 Å².